The number of carbonyl (C=O) groups excluding carboxylic acids is 1. The Balaban J connectivity index is 1.85. The number of hydrogen-bond donors (Lipinski definition) is 1. The standard InChI is InChI=1S/C20H16BrN3O3S/c1-12-3-5-14(6-4-12)23-20-24-19(25)17(28-20)11-13-9-15(21)18(27-8-7-22)16(10-13)26-2/h3-6,9-11H,8H2,1-2H3,(H,23,24,25)/b17-11-. The number of benzene rings is 2. The normalized spacial score (nSPS) is 16.1. The van der Waals surface area contributed by atoms with Gasteiger partial charge in [-0.15, -0.1) is 0 Å². The van der Waals surface area contributed by atoms with Crippen molar-refractivity contribution in [1.29, 1.82) is 5.26 Å². The quantitative estimate of drug-likeness (QED) is 0.665. The smallest absolute Gasteiger partial charge is 0.264 e. The summed E-state index contributed by atoms with van der Waals surface area (Å²) in [5, 5.41) is 12.0. The molecule has 0 aromatic heterocycles. The van der Waals surface area contributed by atoms with Crippen LogP contribution in [0, 0.1) is 18.3 Å². The van der Waals surface area contributed by atoms with Gasteiger partial charge in [0.05, 0.1) is 22.2 Å². The van der Waals surface area contributed by atoms with E-state index in [-0.39, 0.29) is 12.5 Å². The average molecular weight is 458 g/mol. The number of amides is 1. The van der Waals surface area contributed by atoms with E-state index in [2.05, 4.69) is 26.2 Å². The lowest BCUT2D eigenvalue weighted by Gasteiger charge is -2.11. The van der Waals surface area contributed by atoms with Crippen LogP contribution >= 0.6 is 27.7 Å². The highest BCUT2D eigenvalue weighted by Gasteiger charge is 2.24. The summed E-state index contributed by atoms with van der Waals surface area (Å²) in [6, 6.07) is 13.2. The Morgan fingerprint density at radius 1 is 1.32 bits per heavy atom. The van der Waals surface area contributed by atoms with Crippen LogP contribution in [0.15, 0.2) is 50.8 Å². The highest BCUT2D eigenvalue weighted by Crippen LogP contribution is 2.38. The van der Waals surface area contributed by atoms with Gasteiger partial charge < -0.3 is 14.8 Å². The monoisotopic (exact) mass is 457 g/mol. The molecule has 6 nitrogen and oxygen atoms in total. The number of aryl methyl sites for hydroxylation is 1. The molecule has 1 amide bonds. The van der Waals surface area contributed by atoms with E-state index in [0.29, 0.717) is 26.0 Å². The van der Waals surface area contributed by atoms with Crippen LogP contribution in [0.4, 0.5) is 5.69 Å². The number of methoxy groups -OCH3 is 1. The molecule has 1 fully saturated rings. The van der Waals surface area contributed by atoms with Crippen molar-refractivity contribution in [2.45, 2.75) is 6.92 Å². The van der Waals surface area contributed by atoms with Crippen molar-refractivity contribution in [3.8, 4) is 17.6 Å². The zero-order valence-electron chi connectivity index (χ0n) is 15.2. The minimum atomic E-state index is -0.212. The molecule has 1 aliphatic rings. The molecule has 0 saturated carbocycles. The Hall–Kier alpha value is -2.76. The van der Waals surface area contributed by atoms with Gasteiger partial charge in [0.2, 0.25) is 0 Å². The number of nitrogens with one attached hydrogen (secondary N) is 1. The fourth-order valence-corrected chi connectivity index (χ4v) is 3.85. The van der Waals surface area contributed by atoms with Crippen molar-refractivity contribution in [1.82, 2.24) is 5.32 Å². The lowest BCUT2D eigenvalue weighted by Crippen LogP contribution is -2.19. The zero-order chi connectivity index (χ0) is 20.1. The first kappa shape index (κ1) is 20.0. The zero-order valence-corrected chi connectivity index (χ0v) is 17.6. The fourth-order valence-electron chi connectivity index (χ4n) is 2.44. The fraction of sp³-hybridized carbons (Fsp3) is 0.150. The molecule has 0 bridgehead atoms. The predicted octanol–water partition coefficient (Wildman–Crippen LogP) is 4.56. The van der Waals surface area contributed by atoms with E-state index in [4.69, 9.17) is 14.7 Å². The van der Waals surface area contributed by atoms with Crippen LogP contribution < -0.4 is 14.8 Å². The van der Waals surface area contributed by atoms with Gasteiger partial charge in [-0.1, -0.05) is 17.7 Å². The number of carbonyl (C=O) groups is 1. The molecule has 0 spiro atoms. The third-order valence-corrected chi connectivity index (χ3v) is 5.24. The molecular formula is C20H16BrN3O3S. The molecule has 1 heterocycles. The maximum atomic E-state index is 12.3. The van der Waals surface area contributed by atoms with Crippen molar-refractivity contribution >= 4 is 50.5 Å². The molecule has 3 rings (SSSR count). The molecule has 28 heavy (non-hydrogen) atoms. The second-order valence-corrected chi connectivity index (χ2v) is 7.68. The van der Waals surface area contributed by atoms with E-state index < -0.39 is 0 Å². The summed E-state index contributed by atoms with van der Waals surface area (Å²) in [4.78, 5) is 17.3. The lowest BCUT2D eigenvalue weighted by atomic mass is 10.2. The van der Waals surface area contributed by atoms with E-state index in [1.807, 2.05) is 37.3 Å². The highest BCUT2D eigenvalue weighted by molar-refractivity contribution is 9.10. The molecule has 0 atom stereocenters. The van der Waals surface area contributed by atoms with Gasteiger partial charge in [0.25, 0.3) is 5.91 Å². The van der Waals surface area contributed by atoms with E-state index in [0.717, 1.165) is 16.8 Å². The molecule has 142 valence electrons. The predicted molar refractivity (Wildman–Crippen MR) is 114 cm³/mol. The van der Waals surface area contributed by atoms with Crippen LogP contribution in [0.3, 0.4) is 0 Å². The molecule has 2 aromatic carbocycles. The van der Waals surface area contributed by atoms with Crippen molar-refractivity contribution < 1.29 is 14.3 Å². The first-order valence-electron chi connectivity index (χ1n) is 8.23. The van der Waals surface area contributed by atoms with Crippen LogP contribution in [-0.2, 0) is 4.79 Å². The number of thioether (sulfide) groups is 1. The van der Waals surface area contributed by atoms with E-state index in [1.165, 1.54) is 18.9 Å². The minimum Gasteiger partial charge on any atom is -0.493 e. The molecule has 1 N–H and O–H groups in total. The van der Waals surface area contributed by atoms with Gasteiger partial charge in [-0.2, -0.15) is 5.26 Å². The number of hydrogen-bond acceptors (Lipinski definition) is 6. The number of halogens is 1. The minimum absolute atomic E-state index is 0.0908. The summed E-state index contributed by atoms with van der Waals surface area (Å²) in [5.41, 5.74) is 2.68. The van der Waals surface area contributed by atoms with E-state index in [1.54, 1.807) is 18.2 Å². The van der Waals surface area contributed by atoms with E-state index in [9.17, 15) is 4.79 Å². The maximum absolute atomic E-state index is 12.3. The number of nitriles is 1. The Labute approximate surface area is 175 Å². The van der Waals surface area contributed by atoms with Gasteiger partial charge >= 0.3 is 0 Å². The summed E-state index contributed by atoms with van der Waals surface area (Å²) in [6.45, 7) is 1.92. The largest absolute Gasteiger partial charge is 0.493 e. The molecule has 0 unspecified atom stereocenters. The van der Waals surface area contributed by atoms with Gasteiger partial charge in [0.15, 0.2) is 23.3 Å². The summed E-state index contributed by atoms with van der Waals surface area (Å²) < 4.78 is 11.4. The number of aliphatic imine (C=N–C) groups is 1. The highest BCUT2D eigenvalue weighted by atomic mass is 79.9. The van der Waals surface area contributed by atoms with Crippen LogP contribution in [0.25, 0.3) is 6.08 Å². The molecule has 1 saturated heterocycles. The van der Waals surface area contributed by atoms with Crippen LogP contribution in [0.5, 0.6) is 11.5 Å². The summed E-state index contributed by atoms with van der Waals surface area (Å²) in [7, 11) is 1.52. The third kappa shape index (κ3) is 4.74. The number of amidine groups is 1. The third-order valence-electron chi connectivity index (χ3n) is 3.75. The van der Waals surface area contributed by atoms with Crippen molar-refractivity contribution in [3.05, 3.63) is 56.9 Å². The van der Waals surface area contributed by atoms with Crippen molar-refractivity contribution in [3.63, 3.8) is 0 Å². The van der Waals surface area contributed by atoms with Crippen molar-refractivity contribution in [2.24, 2.45) is 4.99 Å². The molecule has 2 aromatic rings. The van der Waals surface area contributed by atoms with Gasteiger partial charge in [-0.05, 0) is 70.5 Å². The van der Waals surface area contributed by atoms with Gasteiger partial charge in [-0.3, -0.25) is 4.79 Å². The summed E-state index contributed by atoms with van der Waals surface area (Å²) in [5.74, 6) is 0.695. The Morgan fingerprint density at radius 3 is 2.75 bits per heavy atom. The lowest BCUT2D eigenvalue weighted by molar-refractivity contribution is -0.115. The van der Waals surface area contributed by atoms with Gasteiger partial charge in [0.1, 0.15) is 6.07 Å². The number of ether oxygens (including phenoxy) is 2. The topological polar surface area (TPSA) is 83.7 Å². The Bertz CT molecular complexity index is 1010. The molecule has 0 radical (unpaired) electrons. The first-order valence-corrected chi connectivity index (χ1v) is 9.84. The summed E-state index contributed by atoms with van der Waals surface area (Å²) in [6.07, 6.45) is 1.75. The van der Waals surface area contributed by atoms with Crippen LogP contribution in [0.2, 0.25) is 0 Å². The van der Waals surface area contributed by atoms with Gasteiger partial charge in [0, 0.05) is 0 Å². The molecular weight excluding hydrogens is 442 g/mol. The van der Waals surface area contributed by atoms with Crippen LogP contribution in [0.1, 0.15) is 11.1 Å². The molecule has 0 aliphatic carbocycles. The maximum Gasteiger partial charge on any atom is 0.264 e. The van der Waals surface area contributed by atoms with E-state index >= 15 is 0 Å². The molecule has 1 aliphatic heterocycles. The summed E-state index contributed by atoms with van der Waals surface area (Å²) >= 11 is 4.69. The first-order chi connectivity index (χ1) is 13.5. The second-order valence-electron chi connectivity index (χ2n) is 5.80. The number of rotatable bonds is 5. The average Bonchev–Trinajstić information content (AvgIpc) is 3.01. The number of nitrogens with zero attached hydrogens (tertiary/aromatic N) is 2. The molecule has 8 heteroatoms. The van der Waals surface area contributed by atoms with Crippen LogP contribution in [-0.4, -0.2) is 24.8 Å². The Morgan fingerprint density at radius 2 is 2.07 bits per heavy atom. The Kier molecular flexibility index (Phi) is 6.39. The van der Waals surface area contributed by atoms with Gasteiger partial charge in [-0.25, -0.2) is 4.99 Å². The second kappa shape index (κ2) is 8.95. The van der Waals surface area contributed by atoms with Crippen molar-refractivity contribution in [2.75, 3.05) is 13.7 Å². The SMILES string of the molecule is COc1cc(/C=C2\SC(=Nc3ccc(C)cc3)NC2=O)cc(Br)c1OCC#N.